The van der Waals surface area contributed by atoms with Gasteiger partial charge in [0.15, 0.2) is 0 Å². The molecule has 5 rings (SSSR count). The van der Waals surface area contributed by atoms with Crippen molar-refractivity contribution in [2.75, 3.05) is 0 Å². The molecule has 0 aromatic heterocycles. The molecule has 2 N–H and O–H groups in total. The third-order valence-corrected chi connectivity index (χ3v) is 8.06. The second-order valence-electron chi connectivity index (χ2n) is 9.42. The smallest absolute Gasteiger partial charge is 0.331 e. The molecule has 0 bridgehead atoms. The third kappa shape index (κ3) is 3.30. The van der Waals surface area contributed by atoms with Crippen molar-refractivity contribution < 1.29 is 15.0 Å². The lowest BCUT2D eigenvalue weighted by Crippen LogP contribution is -2.50. The van der Waals surface area contributed by atoms with Crippen LogP contribution in [0.25, 0.3) is 6.08 Å². The first-order valence-electron chi connectivity index (χ1n) is 11.3. The highest BCUT2D eigenvalue weighted by Crippen LogP contribution is 2.67. The maximum atomic E-state index is 11.7. The number of hydrogen-bond acceptors (Lipinski definition) is 2. The lowest BCUT2D eigenvalue weighted by atomic mass is 9.50. The highest BCUT2D eigenvalue weighted by Gasteiger charge is 2.63. The summed E-state index contributed by atoms with van der Waals surface area (Å²) in [6, 6.07) is 10.3. The fourth-order valence-corrected chi connectivity index (χ4v) is 6.87. The van der Waals surface area contributed by atoms with Crippen LogP contribution in [0.15, 0.2) is 72.4 Å². The van der Waals surface area contributed by atoms with Crippen LogP contribution in [0.3, 0.4) is 0 Å². The molecule has 1 aromatic carbocycles. The summed E-state index contributed by atoms with van der Waals surface area (Å²) in [7, 11) is 0. The molecular formula is C27H30O3. The van der Waals surface area contributed by atoms with E-state index in [1.807, 2.05) is 18.2 Å². The molecule has 2 saturated carbocycles. The average Bonchev–Trinajstić information content (AvgIpc) is 3.11. The highest BCUT2D eigenvalue weighted by atomic mass is 16.4. The maximum absolute atomic E-state index is 11.7. The Balaban J connectivity index is 1.16. The number of carboxylic acid groups (broad SMARTS) is 1. The summed E-state index contributed by atoms with van der Waals surface area (Å²) in [5, 5.41) is 20.1. The zero-order chi connectivity index (χ0) is 20.7. The summed E-state index contributed by atoms with van der Waals surface area (Å²) < 4.78 is 0. The first-order chi connectivity index (χ1) is 14.6. The van der Waals surface area contributed by atoms with Crippen LogP contribution in [-0.4, -0.2) is 22.3 Å². The molecule has 8 unspecified atom stereocenters. The summed E-state index contributed by atoms with van der Waals surface area (Å²) in [5.41, 5.74) is 1.63. The molecule has 4 aliphatic carbocycles. The van der Waals surface area contributed by atoms with Crippen molar-refractivity contribution in [2.45, 2.75) is 31.8 Å². The molecule has 1 aromatic rings. The van der Waals surface area contributed by atoms with Gasteiger partial charge in [-0.3, -0.25) is 0 Å². The van der Waals surface area contributed by atoms with E-state index in [1.165, 1.54) is 18.4 Å². The van der Waals surface area contributed by atoms with Gasteiger partial charge >= 0.3 is 5.97 Å². The number of carboxylic acids is 1. The fraction of sp³-hybridized carbons (Fsp3) is 0.444. The number of benzene rings is 1. The van der Waals surface area contributed by atoms with Crippen molar-refractivity contribution in [2.24, 2.45) is 41.4 Å². The minimum atomic E-state index is -0.868. The summed E-state index contributed by atoms with van der Waals surface area (Å²) in [4.78, 5) is 11.7. The number of allylic oxidation sites excluding steroid dienone is 5. The normalized spacial score (nSPS) is 38.5. The van der Waals surface area contributed by atoms with Crippen LogP contribution >= 0.6 is 0 Å². The summed E-state index contributed by atoms with van der Waals surface area (Å²) in [6.07, 6.45) is 18.7. The van der Waals surface area contributed by atoms with Crippen molar-refractivity contribution in [1.29, 1.82) is 0 Å². The van der Waals surface area contributed by atoms with Crippen molar-refractivity contribution in [3.8, 4) is 0 Å². The van der Waals surface area contributed by atoms with Crippen molar-refractivity contribution in [3.63, 3.8) is 0 Å². The van der Waals surface area contributed by atoms with Gasteiger partial charge in [-0.25, -0.2) is 4.79 Å². The first-order valence-corrected chi connectivity index (χ1v) is 11.3. The van der Waals surface area contributed by atoms with E-state index in [2.05, 4.69) is 48.6 Å². The van der Waals surface area contributed by atoms with Crippen LogP contribution in [-0.2, 0) is 4.79 Å². The Labute approximate surface area is 178 Å². The van der Waals surface area contributed by atoms with Crippen LogP contribution in [0, 0.1) is 41.4 Å². The molecule has 3 nitrogen and oxygen atoms in total. The SMILES string of the molecule is O=C(O)C1=CC(O)C2CC3C(CCCC=CC=Cc4ccccc4)C4C=CC1C2C43. The number of unbranched alkanes of at least 4 members (excludes halogenated alkanes) is 1. The number of hydrogen-bond donors (Lipinski definition) is 2. The topological polar surface area (TPSA) is 57.5 Å². The molecule has 30 heavy (non-hydrogen) atoms. The molecule has 8 atom stereocenters. The van der Waals surface area contributed by atoms with Gasteiger partial charge in [0.25, 0.3) is 0 Å². The predicted octanol–water partition coefficient (Wildman–Crippen LogP) is 5.11. The number of aliphatic hydroxyl groups excluding tert-OH is 1. The Bertz CT molecular complexity index is 909. The van der Waals surface area contributed by atoms with Crippen LogP contribution in [0.5, 0.6) is 0 Å². The molecule has 0 amide bonds. The zero-order valence-corrected chi connectivity index (χ0v) is 17.2. The van der Waals surface area contributed by atoms with E-state index in [0.717, 1.165) is 12.8 Å². The quantitative estimate of drug-likeness (QED) is 0.378. The van der Waals surface area contributed by atoms with E-state index in [1.54, 1.807) is 6.08 Å². The van der Waals surface area contributed by atoms with Crippen LogP contribution in [0.2, 0.25) is 0 Å². The molecule has 0 saturated heterocycles. The van der Waals surface area contributed by atoms with Gasteiger partial charge in [-0.1, -0.05) is 66.8 Å². The Kier molecular flexibility index (Phi) is 5.24. The number of aliphatic hydroxyl groups is 1. The summed E-state index contributed by atoms with van der Waals surface area (Å²) >= 11 is 0. The molecule has 0 aliphatic heterocycles. The Morgan fingerprint density at radius 2 is 1.90 bits per heavy atom. The Morgan fingerprint density at radius 1 is 1.07 bits per heavy atom. The Morgan fingerprint density at radius 3 is 2.70 bits per heavy atom. The molecular weight excluding hydrogens is 372 g/mol. The van der Waals surface area contributed by atoms with Crippen molar-refractivity contribution in [1.82, 2.24) is 0 Å². The molecule has 0 heterocycles. The monoisotopic (exact) mass is 402 g/mol. The van der Waals surface area contributed by atoms with E-state index in [0.29, 0.717) is 35.2 Å². The highest BCUT2D eigenvalue weighted by molar-refractivity contribution is 5.88. The second kappa shape index (κ2) is 8.03. The third-order valence-electron chi connectivity index (χ3n) is 8.06. The molecule has 0 spiro atoms. The standard InChI is InChI=1S/C27H30O3/c28-24-16-22(27(29)30)20-14-13-19-18(21-15-23(24)26(20)25(19)21)12-8-3-1-2-5-9-17-10-6-4-7-11-17/h1-2,4-7,9-11,13-14,16,18-21,23-26,28H,3,8,12,15H2,(H,29,30). The lowest BCUT2D eigenvalue weighted by molar-refractivity contribution is -0.134. The fourth-order valence-electron chi connectivity index (χ4n) is 6.87. The van der Waals surface area contributed by atoms with Crippen LogP contribution in [0.1, 0.15) is 31.2 Å². The second-order valence-corrected chi connectivity index (χ2v) is 9.42. The van der Waals surface area contributed by atoms with E-state index >= 15 is 0 Å². The van der Waals surface area contributed by atoms with Crippen molar-refractivity contribution in [3.05, 3.63) is 77.9 Å². The van der Waals surface area contributed by atoms with Crippen LogP contribution in [0.4, 0.5) is 0 Å². The van der Waals surface area contributed by atoms with Gasteiger partial charge in [-0.05, 0) is 72.8 Å². The van der Waals surface area contributed by atoms with Gasteiger partial charge in [0.1, 0.15) is 0 Å². The molecule has 0 radical (unpaired) electrons. The number of rotatable bonds is 7. The van der Waals surface area contributed by atoms with Crippen molar-refractivity contribution >= 4 is 12.0 Å². The lowest BCUT2D eigenvalue weighted by Gasteiger charge is -2.54. The molecule has 156 valence electrons. The summed E-state index contributed by atoms with van der Waals surface area (Å²) in [5.74, 6) is 2.24. The van der Waals surface area contributed by atoms with E-state index in [9.17, 15) is 15.0 Å². The zero-order valence-electron chi connectivity index (χ0n) is 17.2. The summed E-state index contributed by atoms with van der Waals surface area (Å²) in [6.45, 7) is 0. The van der Waals surface area contributed by atoms with Gasteiger partial charge in [-0.15, -0.1) is 0 Å². The Hall–Kier alpha value is -2.39. The van der Waals surface area contributed by atoms with E-state index in [-0.39, 0.29) is 11.8 Å². The number of aliphatic carboxylic acids is 1. The molecule has 4 aliphatic rings. The first kappa shape index (κ1) is 19.6. The van der Waals surface area contributed by atoms with Gasteiger partial charge in [0.05, 0.1) is 6.10 Å². The van der Waals surface area contributed by atoms with Gasteiger partial charge in [0.2, 0.25) is 0 Å². The van der Waals surface area contributed by atoms with Gasteiger partial charge in [0, 0.05) is 11.5 Å². The molecule has 3 heteroatoms. The predicted molar refractivity (Wildman–Crippen MR) is 118 cm³/mol. The van der Waals surface area contributed by atoms with Crippen LogP contribution < -0.4 is 0 Å². The average molecular weight is 403 g/mol. The minimum Gasteiger partial charge on any atom is -0.478 e. The van der Waals surface area contributed by atoms with E-state index in [4.69, 9.17) is 0 Å². The van der Waals surface area contributed by atoms with Gasteiger partial charge in [-0.2, -0.15) is 0 Å². The minimum absolute atomic E-state index is 0.00225. The largest absolute Gasteiger partial charge is 0.478 e. The van der Waals surface area contributed by atoms with E-state index < -0.39 is 12.1 Å². The maximum Gasteiger partial charge on any atom is 0.331 e. The molecule has 2 fully saturated rings. The van der Waals surface area contributed by atoms with Gasteiger partial charge < -0.3 is 10.2 Å². The number of carbonyl (C=O) groups is 1.